The zero-order valence-electron chi connectivity index (χ0n) is 12.1. The summed E-state index contributed by atoms with van der Waals surface area (Å²) in [6.45, 7) is 20.3. The van der Waals surface area contributed by atoms with Gasteiger partial charge in [-0.25, -0.2) is 0 Å². The van der Waals surface area contributed by atoms with Crippen molar-refractivity contribution in [3.63, 3.8) is 0 Å². The van der Waals surface area contributed by atoms with Gasteiger partial charge in [-0.15, -0.1) is 0 Å². The van der Waals surface area contributed by atoms with Crippen molar-refractivity contribution in [1.29, 1.82) is 0 Å². The summed E-state index contributed by atoms with van der Waals surface area (Å²) >= 11 is 0. The van der Waals surface area contributed by atoms with E-state index in [-0.39, 0.29) is 16.7 Å². The Morgan fingerprint density at radius 2 is 1.07 bits per heavy atom. The lowest BCUT2D eigenvalue weighted by Crippen LogP contribution is -2.54. The van der Waals surface area contributed by atoms with Crippen molar-refractivity contribution in [2.75, 3.05) is 6.73 Å². The van der Waals surface area contributed by atoms with Crippen LogP contribution in [0.15, 0.2) is 0 Å². The average molecular weight is 215 g/mol. The molecular formula is C13H29NO. The predicted molar refractivity (Wildman–Crippen MR) is 67.1 cm³/mol. The predicted octanol–water partition coefficient (Wildman–Crippen LogP) is 3.66. The molecule has 0 atom stereocenters. The smallest absolute Gasteiger partial charge is 0.101 e. The molecule has 2 heteroatoms. The van der Waals surface area contributed by atoms with Crippen LogP contribution < -0.4 is 0 Å². The fourth-order valence-corrected chi connectivity index (χ4v) is 1.65. The van der Waals surface area contributed by atoms with Gasteiger partial charge in [0.05, 0.1) is 5.60 Å². The Kier molecular flexibility index (Phi) is 4.40. The van der Waals surface area contributed by atoms with E-state index in [9.17, 15) is 0 Å². The first kappa shape index (κ1) is 14.9. The maximum Gasteiger partial charge on any atom is 0.101 e. The van der Waals surface area contributed by atoms with Crippen LogP contribution in [-0.2, 0) is 4.74 Å². The van der Waals surface area contributed by atoms with Gasteiger partial charge >= 0.3 is 0 Å². The Morgan fingerprint density at radius 3 is 1.27 bits per heavy atom. The SMILES string of the molecule is CC(C)(C)OCN(C(C)(C)C)C(C)(C)C. The molecule has 0 heterocycles. The minimum absolute atomic E-state index is 0.0747. The van der Waals surface area contributed by atoms with Crippen LogP contribution in [0, 0.1) is 0 Å². The summed E-state index contributed by atoms with van der Waals surface area (Å²) in [7, 11) is 0. The van der Waals surface area contributed by atoms with E-state index in [2.05, 4.69) is 67.2 Å². The first-order valence-corrected chi connectivity index (χ1v) is 5.76. The molecule has 0 rings (SSSR count). The summed E-state index contributed by atoms with van der Waals surface area (Å²) in [5, 5.41) is 0. The molecule has 92 valence electrons. The average Bonchev–Trinajstić information content (AvgIpc) is 1.75. The molecule has 0 saturated heterocycles. The Hall–Kier alpha value is -0.0800. The molecule has 0 radical (unpaired) electrons. The van der Waals surface area contributed by atoms with Crippen LogP contribution in [0.2, 0.25) is 0 Å². The van der Waals surface area contributed by atoms with Crippen LogP contribution in [-0.4, -0.2) is 28.3 Å². The van der Waals surface area contributed by atoms with E-state index < -0.39 is 0 Å². The van der Waals surface area contributed by atoms with Crippen molar-refractivity contribution in [3.05, 3.63) is 0 Å². The highest BCUT2D eigenvalue weighted by Gasteiger charge is 2.32. The van der Waals surface area contributed by atoms with Crippen LogP contribution in [0.1, 0.15) is 62.3 Å². The van der Waals surface area contributed by atoms with Crippen molar-refractivity contribution in [2.24, 2.45) is 0 Å². The van der Waals surface area contributed by atoms with E-state index in [1.165, 1.54) is 0 Å². The summed E-state index contributed by atoms with van der Waals surface area (Å²) in [5.41, 5.74) is 0.182. The number of nitrogens with zero attached hydrogens (tertiary/aromatic N) is 1. The summed E-state index contributed by atoms with van der Waals surface area (Å²) in [5.74, 6) is 0. The van der Waals surface area contributed by atoms with Gasteiger partial charge in [-0.05, 0) is 62.3 Å². The van der Waals surface area contributed by atoms with Gasteiger partial charge in [0.1, 0.15) is 6.73 Å². The highest BCUT2D eigenvalue weighted by molar-refractivity contribution is 4.85. The molecule has 0 saturated carbocycles. The topological polar surface area (TPSA) is 12.5 Å². The molecule has 0 aromatic heterocycles. The molecular weight excluding hydrogens is 186 g/mol. The van der Waals surface area contributed by atoms with Crippen LogP contribution in [0.25, 0.3) is 0 Å². The van der Waals surface area contributed by atoms with E-state index in [1.54, 1.807) is 0 Å². The fraction of sp³-hybridized carbons (Fsp3) is 1.00. The van der Waals surface area contributed by atoms with Gasteiger partial charge in [0.25, 0.3) is 0 Å². The highest BCUT2D eigenvalue weighted by Crippen LogP contribution is 2.25. The lowest BCUT2D eigenvalue weighted by atomic mass is 9.97. The summed E-state index contributed by atoms with van der Waals surface area (Å²) in [6, 6.07) is 0. The third-order valence-electron chi connectivity index (χ3n) is 2.25. The molecule has 0 unspecified atom stereocenters. The molecule has 2 nitrogen and oxygen atoms in total. The molecule has 0 aromatic rings. The Labute approximate surface area is 96.0 Å². The van der Waals surface area contributed by atoms with Gasteiger partial charge in [-0.2, -0.15) is 0 Å². The fourth-order valence-electron chi connectivity index (χ4n) is 1.65. The summed E-state index contributed by atoms with van der Waals surface area (Å²) < 4.78 is 5.87. The van der Waals surface area contributed by atoms with E-state index in [1.807, 2.05) is 0 Å². The molecule has 0 fully saturated rings. The monoisotopic (exact) mass is 215 g/mol. The van der Waals surface area contributed by atoms with Crippen molar-refractivity contribution >= 4 is 0 Å². The van der Waals surface area contributed by atoms with Crippen LogP contribution >= 0.6 is 0 Å². The Morgan fingerprint density at radius 1 is 0.733 bits per heavy atom. The standard InChI is InChI=1S/C13H29NO/c1-11(2,3)14(12(4,5)6)10-15-13(7,8)9/h10H2,1-9H3. The number of ether oxygens (including phenoxy) is 1. The van der Waals surface area contributed by atoms with Gasteiger partial charge in [0.15, 0.2) is 0 Å². The lowest BCUT2D eigenvalue weighted by Gasteiger charge is -2.46. The van der Waals surface area contributed by atoms with Gasteiger partial charge < -0.3 is 4.74 Å². The van der Waals surface area contributed by atoms with Crippen molar-refractivity contribution < 1.29 is 4.74 Å². The highest BCUT2D eigenvalue weighted by atomic mass is 16.5. The minimum Gasteiger partial charge on any atom is -0.360 e. The molecule has 0 amide bonds. The third kappa shape index (κ3) is 6.16. The number of hydrogen-bond donors (Lipinski definition) is 0. The zero-order chi connectivity index (χ0) is 12.5. The maximum absolute atomic E-state index is 5.87. The van der Waals surface area contributed by atoms with E-state index in [0.29, 0.717) is 6.73 Å². The first-order chi connectivity index (χ1) is 6.34. The molecule has 0 aromatic carbocycles. The molecule has 0 aliphatic rings. The summed E-state index contributed by atoms with van der Waals surface area (Å²) in [4.78, 5) is 2.38. The van der Waals surface area contributed by atoms with Crippen LogP contribution in [0.3, 0.4) is 0 Å². The lowest BCUT2D eigenvalue weighted by molar-refractivity contribution is -0.120. The van der Waals surface area contributed by atoms with Crippen LogP contribution in [0.5, 0.6) is 0 Å². The van der Waals surface area contributed by atoms with Gasteiger partial charge in [-0.3, -0.25) is 4.90 Å². The maximum atomic E-state index is 5.87. The zero-order valence-corrected chi connectivity index (χ0v) is 12.1. The minimum atomic E-state index is -0.0747. The Balaban J connectivity index is 4.56. The van der Waals surface area contributed by atoms with Gasteiger partial charge in [-0.1, -0.05) is 0 Å². The van der Waals surface area contributed by atoms with E-state index >= 15 is 0 Å². The quantitative estimate of drug-likeness (QED) is 0.652. The largest absolute Gasteiger partial charge is 0.360 e. The molecule has 0 bridgehead atoms. The van der Waals surface area contributed by atoms with Gasteiger partial charge in [0, 0.05) is 11.1 Å². The first-order valence-electron chi connectivity index (χ1n) is 5.76. The second kappa shape index (κ2) is 4.42. The second-order valence-electron chi connectivity index (χ2n) is 7.16. The Bertz CT molecular complexity index is 176. The van der Waals surface area contributed by atoms with E-state index in [4.69, 9.17) is 4.74 Å². The second-order valence-corrected chi connectivity index (χ2v) is 7.16. The third-order valence-corrected chi connectivity index (χ3v) is 2.25. The van der Waals surface area contributed by atoms with Gasteiger partial charge in [0.2, 0.25) is 0 Å². The molecule has 0 N–H and O–H groups in total. The van der Waals surface area contributed by atoms with Crippen LogP contribution in [0.4, 0.5) is 0 Å². The molecule has 0 aliphatic carbocycles. The number of rotatable bonds is 2. The number of hydrogen-bond acceptors (Lipinski definition) is 2. The summed E-state index contributed by atoms with van der Waals surface area (Å²) in [6.07, 6.45) is 0. The van der Waals surface area contributed by atoms with Crippen molar-refractivity contribution in [1.82, 2.24) is 4.90 Å². The van der Waals surface area contributed by atoms with E-state index in [0.717, 1.165) is 0 Å². The molecule has 0 spiro atoms. The van der Waals surface area contributed by atoms with Crippen molar-refractivity contribution in [3.8, 4) is 0 Å². The normalized spacial score (nSPS) is 14.8. The molecule has 0 aliphatic heterocycles. The molecule has 15 heavy (non-hydrogen) atoms. The van der Waals surface area contributed by atoms with Crippen molar-refractivity contribution in [2.45, 2.75) is 79.0 Å².